The highest BCUT2D eigenvalue weighted by molar-refractivity contribution is 5.35. The second kappa shape index (κ2) is 8.47. The summed E-state index contributed by atoms with van der Waals surface area (Å²) in [6.07, 6.45) is 0.907. The zero-order valence-electron chi connectivity index (χ0n) is 12.1. The third kappa shape index (κ3) is 5.69. The van der Waals surface area contributed by atoms with E-state index in [2.05, 4.69) is 25.6 Å². The van der Waals surface area contributed by atoms with Crippen molar-refractivity contribution in [3.8, 4) is 6.01 Å². The van der Waals surface area contributed by atoms with Gasteiger partial charge in [-0.05, 0) is 20.3 Å². The van der Waals surface area contributed by atoms with Crippen LogP contribution in [0.3, 0.4) is 0 Å². The van der Waals surface area contributed by atoms with Crippen LogP contribution < -0.4 is 15.4 Å². The first-order valence-corrected chi connectivity index (χ1v) is 6.60. The molecule has 0 aromatic carbocycles. The first-order valence-electron chi connectivity index (χ1n) is 6.60. The molecule has 0 aliphatic rings. The van der Waals surface area contributed by atoms with Crippen molar-refractivity contribution >= 4 is 11.9 Å². The fourth-order valence-corrected chi connectivity index (χ4v) is 1.35. The minimum atomic E-state index is 0.117. The van der Waals surface area contributed by atoms with Crippen LogP contribution in [0, 0.1) is 0 Å². The van der Waals surface area contributed by atoms with Crippen LogP contribution >= 0.6 is 0 Å². The normalized spacial score (nSPS) is 12.0. The van der Waals surface area contributed by atoms with E-state index >= 15 is 0 Å². The standard InChI is InChI=1S/C12H23N5O2/c1-5-7-19-12-16-10(13-4)15-11(17-12)14-9(3)8-18-6-2/h9H,5-8H2,1-4H3,(H2,13,14,15,16,17). The van der Waals surface area contributed by atoms with Gasteiger partial charge in [-0.25, -0.2) is 0 Å². The van der Waals surface area contributed by atoms with E-state index in [1.807, 2.05) is 20.8 Å². The van der Waals surface area contributed by atoms with Crippen molar-refractivity contribution in [3.05, 3.63) is 0 Å². The van der Waals surface area contributed by atoms with Gasteiger partial charge in [-0.3, -0.25) is 0 Å². The Hall–Kier alpha value is -1.63. The Balaban J connectivity index is 2.69. The molecule has 1 atom stereocenters. The third-order valence-corrected chi connectivity index (χ3v) is 2.22. The van der Waals surface area contributed by atoms with Crippen molar-refractivity contribution in [2.24, 2.45) is 0 Å². The fraction of sp³-hybridized carbons (Fsp3) is 0.750. The molecule has 0 saturated carbocycles. The predicted molar refractivity (Wildman–Crippen MR) is 74.7 cm³/mol. The van der Waals surface area contributed by atoms with Gasteiger partial charge in [0.1, 0.15) is 0 Å². The predicted octanol–water partition coefficient (Wildman–Crippen LogP) is 1.54. The van der Waals surface area contributed by atoms with Gasteiger partial charge in [-0.1, -0.05) is 6.92 Å². The smallest absolute Gasteiger partial charge is 0.323 e. The minimum absolute atomic E-state index is 0.117. The number of hydrogen-bond donors (Lipinski definition) is 2. The van der Waals surface area contributed by atoms with E-state index in [0.717, 1.165) is 6.42 Å². The lowest BCUT2D eigenvalue weighted by molar-refractivity contribution is 0.141. The number of ether oxygens (including phenoxy) is 2. The Morgan fingerprint density at radius 3 is 2.53 bits per heavy atom. The summed E-state index contributed by atoms with van der Waals surface area (Å²) >= 11 is 0. The van der Waals surface area contributed by atoms with Crippen molar-refractivity contribution in [1.29, 1.82) is 0 Å². The minimum Gasteiger partial charge on any atom is -0.463 e. The van der Waals surface area contributed by atoms with Crippen LogP contribution in [-0.2, 0) is 4.74 Å². The molecule has 1 unspecified atom stereocenters. The second-order valence-electron chi connectivity index (χ2n) is 4.07. The first kappa shape index (κ1) is 15.4. The molecule has 0 aliphatic carbocycles. The van der Waals surface area contributed by atoms with Crippen LogP contribution in [0.4, 0.5) is 11.9 Å². The van der Waals surface area contributed by atoms with Gasteiger partial charge in [0.2, 0.25) is 11.9 Å². The van der Waals surface area contributed by atoms with E-state index in [1.54, 1.807) is 7.05 Å². The van der Waals surface area contributed by atoms with E-state index in [9.17, 15) is 0 Å². The van der Waals surface area contributed by atoms with Gasteiger partial charge < -0.3 is 20.1 Å². The third-order valence-electron chi connectivity index (χ3n) is 2.22. The van der Waals surface area contributed by atoms with Gasteiger partial charge >= 0.3 is 6.01 Å². The molecule has 7 nitrogen and oxygen atoms in total. The Morgan fingerprint density at radius 2 is 1.89 bits per heavy atom. The summed E-state index contributed by atoms with van der Waals surface area (Å²) in [5.74, 6) is 0.963. The zero-order valence-corrected chi connectivity index (χ0v) is 12.1. The molecule has 19 heavy (non-hydrogen) atoms. The first-order chi connectivity index (χ1) is 9.19. The number of nitrogens with one attached hydrogen (secondary N) is 2. The van der Waals surface area contributed by atoms with Gasteiger partial charge in [-0.15, -0.1) is 0 Å². The molecule has 108 valence electrons. The topological polar surface area (TPSA) is 81.2 Å². The lowest BCUT2D eigenvalue weighted by Crippen LogP contribution is -2.23. The summed E-state index contributed by atoms with van der Waals surface area (Å²) < 4.78 is 10.8. The van der Waals surface area contributed by atoms with Crippen molar-refractivity contribution < 1.29 is 9.47 Å². The van der Waals surface area contributed by atoms with Crippen LogP contribution in [0.25, 0.3) is 0 Å². The monoisotopic (exact) mass is 269 g/mol. The maximum absolute atomic E-state index is 5.43. The van der Waals surface area contributed by atoms with E-state index in [-0.39, 0.29) is 6.04 Å². The molecule has 0 aliphatic heterocycles. The Morgan fingerprint density at radius 1 is 1.16 bits per heavy atom. The number of rotatable bonds is 9. The summed E-state index contributed by atoms with van der Waals surface area (Å²) in [6.45, 7) is 7.87. The molecule has 1 heterocycles. The largest absolute Gasteiger partial charge is 0.463 e. The van der Waals surface area contributed by atoms with Gasteiger partial charge in [0.25, 0.3) is 0 Å². The molecule has 1 aromatic heterocycles. The Bertz CT molecular complexity index is 375. The van der Waals surface area contributed by atoms with Crippen LogP contribution in [0.1, 0.15) is 27.2 Å². The SMILES string of the molecule is CCCOc1nc(NC)nc(NC(C)COCC)n1. The molecule has 0 bridgehead atoms. The second-order valence-corrected chi connectivity index (χ2v) is 4.07. The van der Waals surface area contributed by atoms with Crippen LogP contribution in [0.5, 0.6) is 6.01 Å². The summed E-state index contributed by atoms with van der Waals surface area (Å²) in [7, 11) is 1.76. The molecule has 1 rings (SSSR count). The zero-order chi connectivity index (χ0) is 14.1. The van der Waals surface area contributed by atoms with Gasteiger partial charge in [0.05, 0.1) is 13.2 Å². The number of aromatic nitrogens is 3. The average molecular weight is 269 g/mol. The highest BCUT2D eigenvalue weighted by Crippen LogP contribution is 2.11. The molecule has 1 aromatic rings. The molecule has 0 fully saturated rings. The van der Waals surface area contributed by atoms with Crippen LogP contribution in [-0.4, -0.2) is 47.9 Å². The average Bonchev–Trinajstić information content (AvgIpc) is 2.42. The number of hydrogen-bond acceptors (Lipinski definition) is 7. The molecule has 0 radical (unpaired) electrons. The lowest BCUT2D eigenvalue weighted by Gasteiger charge is -2.14. The molecular formula is C12H23N5O2. The van der Waals surface area contributed by atoms with E-state index < -0.39 is 0 Å². The van der Waals surface area contributed by atoms with Gasteiger partial charge in [0, 0.05) is 19.7 Å². The van der Waals surface area contributed by atoms with Crippen molar-refractivity contribution in [2.75, 3.05) is 37.5 Å². The maximum atomic E-state index is 5.43. The molecule has 0 saturated heterocycles. The molecule has 7 heteroatoms. The Kier molecular flexibility index (Phi) is 6.88. The summed E-state index contributed by atoms with van der Waals surface area (Å²) in [5.41, 5.74) is 0. The highest BCUT2D eigenvalue weighted by Gasteiger charge is 2.09. The summed E-state index contributed by atoms with van der Waals surface area (Å²) in [5, 5.41) is 6.05. The van der Waals surface area contributed by atoms with Crippen LogP contribution in [0.15, 0.2) is 0 Å². The quantitative estimate of drug-likeness (QED) is 0.703. The number of nitrogens with zero attached hydrogens (tertiary/aromatic N) is 3. The number of anilines is 2. The molecule has 0 spiro atoms. The molecular weight excluding hydrogens is 246 g/mol. The van der Waals surface area contributed by atoms with E-state index in [1.165, 1.54) is 0 Å². The molecule has 0 amide bonds. The van der Waals surface area contributed by atoms with Crippen molar-refractivity contribution in [2.45, 2.75) is 33.2 Å². The fourth-order valence-electron chi connectivity index (χ4n) is 1.35. The Labute approximate surface area is 114 Å². The molecule has 2 N–H and O–H groups in total. The van der Waals surface area contributed by atoms with Gasteiger partial charge in [0.15, 0.2) is 0 Å². The maximum Gasteiger partial charge on any atom is 0.323 e. The summed E-state index contributed by atoms with van der Waals surface area (Å²) in [6, 6.07) is 0.443. The van der Waals surface area contributed by atoms with E-state index in [4.69, 9.17) is 9.47 Å². The van der Waals surface area contributed by atoms with Crippen molar-refractivity contribution in [3.63, 3.8) is 0 Å². The lowest BCUT2D eigenvalue weighted by atomic mass is 10.4. The van der Waals surface area contributed by atoms with Crippen molar-refractivity contribution in [1.82, 2.24) is 15.0 Å². The summed E-state index contributed by atoms with van der Waals surface area (Å²) in [4.78, 5) is 12.6. The van der Waals surface area contributed by atoms with Crippen LogP contribution in [0.2, 0.25) is 0 Å². The van der Waals surface area contributed by atoms with Gasteiger partial charge in [-0.2, -0.15) is 15.0 Å². The van der Waals surface area contributed by atoms with E-state index in [0.29, 0.717) is 37.7 Å². The highest BCUT2D eigenvalue weighted by atomic mass is 16.5.